The number of rotatable bonds is 5. The smallest absolute Gasteiger partial charge is 0.238 e. The van der Waals surface area contributed by atoms with Crippen LogP contribution < -0.4 is 5.32 Å². The summed E-state index contributed by atoms with van der Waals surface area (Å²) >= 11 is 14.0. The van der Waals surface area contributed by atoms with E-state index in [-0.39, 0.29) is 18.5 Å². The van der Waals surface area contributed by atoms with E-state index in [0.29, 0.717) is 15.7 Å². The van der Waals surface area contributed by atoms with Gasteiger partial charge in [0, 0.05) is 10.9 Å². The Hall–Kier alpha value is -1.07. The second-order valence-electron chi connectivity index (χ2n) is 5.21. The lowest BCUT2D eigenvalue weighted by molar-refractivity contribution is -0.117. The molecular formula is C16H18Cl2N2OS. The third-order valence-electron chi connectivity index (χ3n) is 3.56. The molecule has 1 heterocycles. The Bertz CT molecular complexity index is 658. The first-order valence-corrected chi connectivity index (χ1v) is 8.51. The number of halogens is 2. The van der Waals surface area contributed by atoms with Crippen LogP contribution in [0.25, 0.3) is 0 Å². The number of hydrogen-bond donors (Lipinski definition) is 1. The summed E-state index contributed by atoms with van der Waals surface area (Å²) in [7, 11) is 1.92. The van der Waals surface area contributed by atoms with Gasteiger partial charge in [0.15, 0.2) is 0 Å². The number of carbonyl (C=O) groups is 1. The van der Waals surface area contributed by atoms with Crippen molar-refractivity contribution in [2.45, 2.75) is 19.9 Å². The monoisotopic (exact) mass is 356 g/mol. The zero-order chi connectivity index (χ0) is 16.3. The van der Waals surface area contributed by atoms with Gasteiger partial charge in [-0.05, 0) is 44.0 Å². The Balaban J connectivity index is 2.03. The van der Waals surface area contributed by atoms with Crippen LogP contribution in [0.3, 0.4) is 0 Å². The number of thiophene rings is 1. The molecule has 2 aromatic rings. The molecule has 3 nitrogen and oxygen atoms in total. The molecule has 1 amide bonds. The third kappa shape index (κ3) is 4.02. The molecule has 0 aliphatic heterocycles. The number of hydrogen-bond acceptors (Lipinski definition) is 3. The standard InChI is InChI=1S/C16H18Cl2N2OS/c1-10-6-7-12(17)16(15(10)18)19-14(21)9-20(3)11(2)13-5-4-8-22-13/h4-8,11H,9H2,1-3H3,(H,19,21)/t11-/m1/s1. The van der Waals surface area contributed by atoms with Crippen LogP contribution in [0.15, 0.2) is 29.6 Å². The van der Waals surface area contributed by atoms with E-state index in [0.717, 1.165) is 5.56 Å². The van der Waals surface area contributed by atoms with Crippen LogP contribution in [0, 0.1) is 6.92 Å². The van der Waals surface area contributed by atoms with Gasteiger partial charge in [-0.2, -0.15) is 0 Å². The highest BCUT2D eigenvalue weighted by Gasteiger charge is 2.17. The van der Waals surface area contributed by atoms with Crippen molar-refractivity contribution in [3.05, 3.63) is 50.1 Å². The molecule has 1 aromatic carbocycles. The highest BCUT2D eigenvalue weighted by Crippen LogP contribution is 2.33. The summed E-state index contributed by atoms with van der Waals surface area (Å²) in [6, 6.07) is 7.81. The number of anilines is 1. The molecule has 0 saturated carbocycles. The van der Waals surface area contributed by atoms with Gasteiger partial charge in [0.25, 0.3) is 0 Å². The summed E-state index contributed by atoms with van der Waals surface area (Å²) in [5.41, 5.74) is 1.35. The molecule has 1 N–H and O–H groups in total. The minimum atomic E-state index is -0.139. The fourth-order valence-corrected chi connectivity index (χ4v) is 3.37. The SMILES string of the molecule is Cc1ccc(Cl)c(NC(=O)CN(C)[C@H](C)c2cccs2)c1Cl. The molecule has 22 heavy (non-hydrogen) atoms. The molecule has 0 saturated heterocycles. The van der Waals surface area contributed by atoms with Gasteiger partial charge >= 0.3 is 0 Å². The molecular weight excluding hydrogens is 339 g/mol. The topological polar surface area (TPSA) is 32.3 Å². The molecule has 0 bridgehead atoms. The molecule has 6 heteroatoms. The van der Waals surface area contributed by atoms with Crippen molar-refractivity contribution in [1.29, 1.82) is 0 Å². The second kappa shape index (κ2) is 7.47. The summed E-state index contributed by atoms with van der Waals surface area (Å²) in [5, 5.41) is 5.77. The number of aryl methyl sites for hydroxylation is 1. The number of amides is 1. The van der Waals surface area contributed by atoms with Gasteiger partial charge in [-0.1, -0.05) is 35.3 Å². The van der Waals surface area contributed by atoms with Crippen LogP contribution in [-0.4, -0.2) is 24.4 Å². The van der Waals surface area contributed by atoms with Crippen molar-refractivity contribution in [1.82, 2.24) is 4.90 Å². The van der Waals surface area contributed by atoms with Gasteiger partial charge in [0.1, 0.15) is 0 Å². The predicted molar refractivity (Wildman–Crippen MR) is 95.2 cm³/mol. The molecule has 1 atom stereocenters. The van der Waals surface area contributed by atoms with E-state index in [2.05, 4.69) is 18.3 Å². The second-order valence-corrected chi connectivity index (χ2v) is 6.97. The summed E-state index contributed by atoms with van der Waals surface area (Å²) in [4.78, 5) is 15.5. The normalized spacial score (nSPS) is 12.5. The highest BCUT2D eigenvalue weighted by molar-refractivity contribution is 7.10. The van der Waals surface area contributed by atoms with Crippen LogP contribution >= 0.6 is 34.5 Å². The number of nitrogens with one attached hydrogen (secondary N) is 1. The zero-order valence-electron chi connectivity index (χ0n) is 12.7. The van der Waals surface area contributed by atoms with Gasteiger partial charge < -0.3 is 5.32 Å². The van der Waals surface area contributed by atoms with Gasteiger partial charge in [0.2, 0.25) is 5.91 Å². The summed E-state index contributed by atoms with van der Waals surface area (Å²) in [6.45, 7) is 4.21. The molecule has 0 radical (unpaired) electrons. The fraction of sp³-hybridized carbons (Fsp3) is 0.312. The van der Waals surface area contributed by atoms with Crippen LogP contribution in [0.5, 0.6) is 0 Å². The van der Waals surface area contributed by atoms with E-state index < -0.39 is 0 Å². The van der Waals surface area contributed by atoms with Crippen LogP contribution in [0.1, 0.15) is 23.4 Å². The lowest BCUT2D eigenvalue weighted by atomic mass is 10.2. The van der Waals surface area contributed by atoms with Crippen molar-refractivity contribution in [2.75, 3.05) is 18.9 Å². The third-order valence-corrected chi connectivity index (χ3v) is 5.40. The van der Waals surface area contributed by atoms with Gasteiger partial charge in [-0.3, -0.25) is 9.69 Å². The van der Waals surface area contributed by atoms with Crippen molar-refractivity contribution >= 4 is 46.1 Å². The van der Waals surface area contributed by atoms with Crippen LogP contribution in [0.4, 0.5) is 5.69 Å². The first-order chi connectivity index (χ1) is 10.4. The van der Waals surface area contributed by atoms with Crippen LogP contribution in [-0.2, 0) is 4.79 Å². The molecule has 0 unspecified atom stereocenters. The highest BCUT2D eigenvalue weighted by atomic mass is 35.5. The Kier molecular flexibility index (Phi) is 5.87. The lowest BCUT2D eigenvalue weighted by Gasteiger charge is -2.23. The van der Waals surface area contributed by atoms with Crippen molar-refractivity contribution in [2.24, 2.45) is 0 Å². The average molecular weight is 357 g/mol. The first-order valence-electron chi connectivity index (χ1n) is 6.88. The minimum absolute atomic E-state index is 0.139. The van der Waals surface area contributed by atoms with E-state index >= 15 is 0 Å². The van der Waals surface area contributed by atoms with E-state index in [1.807, 2.05) is 36.4 Å². The zero-order valence-corrected chi connectivity index (χ0v) is 15.0. The largest absolute Gasteiger partial charge is 0.322 e. The van der Waals surface area contributed by atoms with Gasteiger partial charge in [-0.15, -0.1) is 11.3 Å². The Morgan fingerprint density at radius 2 is 2.09 bits per heavy atom. The van der Waals surface area contributed by atoms with Gasteiger partial charge in [-0.25, -0.2) is 0 Å². The van der Waals surface area contributed by atoms with Crippen molar-refractivity contribution in [3.8, 4) is 0 Å². The summed E-state index contributed by atoms with van der Waals surface area (Å²) in [6.07, 6.45) is 0. The molecule has 2 rings (SSSR count). The molecule has 0 aliphatic carbocycles. The summed E-state index contributed by atoms with van der Waals surface area (Å²) < 4.78 is 0. The minimum Gasteiger partial charge on any atom is -0.322 e. The quantitative estimate of drug-likeness (QED) is 0.817. The average Bonchev–Trinajstić information content (AvgIpc) is 3.01. The number of likely N-dealkylation sites (N-methyl/N-ethyl adjacent to an activating group) is 1. The molecule has 0 fully saturated rings. The van der Waals surface area contributed by atoms with Gasteiger partial charge in [0.05, 0.1) is 22.3 Å². The van der Waals surface area contributed by atoms with E-state index in [1.165, 1.54) is 4.88 Å². The Morgan fingerprint density at radius 1 is 1.36 bits per heavy atom. The Labute approximate surface area is 144 Å². The molecule has 1 aromatic heterocycles. The summed E-state index contributed by atoms with van der Waals surface area (Å²) in [5.74, 6) is -0.139. The molecule has 0 spiro atoms. The van der Waals surface area contributed by atoms with Crippen molar-refractivity contribution < 1.29 is 4.79 Å². The number of nitrogens with zero attached hydrogens (tertiary/aromatic N) is 1. The fourth-order valence-electron chi connectivity index (χ4n) is 2.06. The predicted octanol–water partition coefficient (Wildman–Crippen LogP) is 4.99. The lowest BCUT2D eigenvalue weighted by Crippen LogP contribution is -2.32. The number of benzene rings is 1. The Morgan fingerprint density at radius 3 is 2.73 bits per heavy atom. The maximum absolute atomic E-state index is 12.2. The van der Waals surface area contributed by atoms with Crippen molar-refractivity contribution in [3.63, 3.8) is 0 Å². The maximum Gasteiger partial charge on any atom is 0.238 e. The maximum atomic E-state index is 12.2. The van der Waals surface area contributed by atoms with E-state index in [4.69, 9.17) is 23.2 Å². The molecule has 118 valence electrons. The first kappa shape index (κ1) is 17.3. The molecule has 0 aliphatic rings. The van der Waals surface area contributed by atoms with Crippen LogP contribution in [0.2, 0.25) is 10.0 Å². The number of carbonyl (C=O) groups excluding carboxylic acids is 1. The van der Waals surface area contributed by atoms with E-state index in [1.54, 1.807) is 17.4 Å². The van der Waals surface area contributed by atoms with E-state index in [9.17, 15) is 4.79 Å².